The Hall–Kier alpha value is -1.81. The maximum absolute atomic E-state index is 5.79. The minimum Gasteiger partial charge on any atom is -0.494 e. The predicted molar refractivity (Wildman–Crippen MR) is 69.3 cm³/mol. The number of hydrogen-bond donors (Lipinski definition) is 0. The Kier molecular flexibility index (Phi) is 4.36. The molecule has 0 fully saturated rings. The van der Waals surface area contributed by atoms with Crippen LogP contribution in [0.5, 0.6) is 17.4 Å². The van der Waals surface area contributed by atoms with Gasteiger partial charge in [0.1, 0.15) is 17.8 Å². The van der Waals surface area contributed by atoms with Crippen molar-refractivity contribution in [3.63, 3.8) is 0 Å². The van der Waals surface area contributed by atoms with Crippen LogP contribution in [0.4, 0.5) is 0 Å². The first kappa shape index (κ1) is 12.6. The second-order valence-corrected chi connectivity index (χ2v) is 3.76. The Balaban J connectivity index is 2.20. The van der Waals surface area contributed by atoms with Crippen molar-refractivity contribution in [1.29, 1.82) is 0 Å². The average Bonchev–Trinajstić information content (AvgIpc) is 2.40. The van der Waals surface area contributed by atoms with E-state index in [1.807, 2.05) is 31.2 Å². The average molecular weight is 265 g/mol. The van der Waals surface area contributed by atoms with Crippen LogP contribution in [0.2, 0.25) is 0 Å². The van der Waals surface area contributed by atoms with Crippen LogP contribution in [0, 0.1) is 0 Å². The van der Waals surface area contributed by atoms with Gasteiger partial charge in [-0.05, 0) is 19.1 Å². The maximum atomic E-state index is 5.79. The standard InChI is InChI=1S/C13H13ClN2O2/c1-2-17-11-4-3-5-12(6-11)18-13-10(7-14)8-15-9-16-13/h3-6,8-9H,2,7H2,1H3. The summed E-state index contributed by atoms with van der Waals surface area (Å²) in [6.07, 6.45) is 3.07. The fourth-order valence-electron chi connectivity index (χ4n) is 1.44. The molecule has 18 heavy (non-hydrogen) atoms. The SMILES string of the molecule is CCOc1cccc(Oc2ncncc2CCl)c1. The lowest BCUT2D eigenvalue weighted by Crippen LogP contribution is -1.95. The van der Waals surface area contributed by atoms with Gasteiger partial charge in [0.05, 0.1) is 12.5 Å². The summed E-state index contributed by atoms with van der Waals surface area (Å²) in [5.74, 6) is 2.19. The van der Waals surface area contributed by atoms with Crippen molar-refractivity contribution in [2.24, 2.45) is 0 Å². The van der Waals surface area contributed by atoms with E-state index in [1.54, 1.807) is 6.20 Å². The van der Waals surface area contributed by atoms with Gasteiger partial charge in [-0.2, -0.15) is 0 Å². The largest absolute Gasteiger partial charge is 0.494 e. The molecule has 0 unspecified atom stereocenters. The molecule has 1 heterocycles. The van der Waals surface area contributed by atoms with Crippen molar-refractivity contribution < 1.29 is 9.47 Å². The highest BCUT2D eigenvalue weighted by Gasteiger charge is 2.06. The molecule has 0 aliphatic rings. The minimum absolute atomic E-state index is 0.307. The monoisotopic (exact) mass is 264 g/mol. The van der Waals surface area contributed by atoms with E-state index < -0.39 is 0 Å². The van der Waals surface area contributed by atoms with E-state index in [1.165, 1.54) is 6.33 Å². The fraction of sp³-hybridized carbons (Fsp3) is 0.231. The lowest BCUT2D eigenvalue weighted by atomic mass is 10.3. The lowest BCUT2D eigenvalue weighted by Gasteiger charge is -2.09. The third-order valence-corrected chi connectivity index (χ3v) is 2.51. The highest BCUT2D eigenvalue weighted by atomic mass is 35.5. The van der Waals surface area contributed by atoms with Crippen molar-refractivity contribution in [2.45, 2.75) is 12.8 Å². The molecule has 0 saturated heterocycles. The third-order valence-electron chi connectivity index (χ3n) is 2.22. The van der Waals surface area contributed by atoms with Gasteiger partial charge in [0.25, 0.3) is 0 Å². The first-order valence-corrected chi connectivity index (χ1v) is 6.12. The van der Waals surface area contributed by atoms with E-state index in [0.29, 0.717) is 24.1 Å². The van der Waals surface area contributed by atoms with Gasteiger partial charge >= 0.3 is 0 Å². The predicted octanol–water partition coefficient (Wildman–Crippen LogP) is 3.41. The zero-order valence-electron chi connectivity index (χ0n) is 9.97. The Morgan fingerprint density at radius 2 is 2.11 bits per heavy atom. The van der Waals surface area contributed by atoms with Crippen molar-refractivity contribution in [1.82, 2.24) is 9.97 Å². The molecule has 0 saturated carbocycles. The minimum atomic E-state index is 0.307. The second kappa shape index (κ2) is 6.21. The van der Waals surface area contributed by atoms with Gasteiger partial charge in [-0.15, -0.1) is 11.6 Å². The molecule has 5 heteroatoms. The smallest absolute Gasteiger partial charge is 0.226 e. The van der Waals surface area contributed by atoms with Gasteiger partial charge in [0.15, 0.2) is 0 Å². The Morgan fingerprint density at radius 1 is 1.28 bits per heavy atom. The van der Waals surface area contributed by atoms with Gasteiger partial charge in [0.2, 0.25) is 5.88 Å². The maximum Gasteiger partial charge on any atom is 0.226 e. The van der Waals surface area contributed by atoms with Gasteiger partial charge in [0, 0.05) is 17.8 Å². The Labute approximate surface area is 111 Å². The summed E-state index contributed by atoms with van der Waals surface area (Å²) in [7, 11) is 0. The molecule has 0 spiro atoms. The molecule has 4 nitrogen and oxygen atoms in total. The second-order valence-electron chi connectivity index (χ2n) is 3.50. The number of hydrogen-bond acceptors (Lipinski definition) is 4. The summed E-state index contributed by atoms with van der Waals surface area (Å²) < 4.78 is 11.1. The zero-order valence-corrected chi connectivity index (χ0v) is 10.7. The molecule has 94 valence electrons. The number of halogens is 1. The summed E-state index contributed by atoms with van der Waals surface area (Å²) >= 11 is 5.79. The van der Waals surface area contributed by atoms with E-state index in [0.717, 1.165) is 11.3 Å². The number of alkyl halides is 1. The molecule has 0 N–H and O–H groups in total. The quantitative estimate of drug-likeness (QED) is 0.777. The van der Waals surface area contributed by atoms with Crippen molar-refractivity contribution in [3.05, 3.63) is 42.4 Å². The summed E-state index contributed by atoms with van der Waals surface area (Å²) in [6.45, 7) is 2.55. The Bertz CT molecular complexity index is 520. The van der Waals surface area contributed by atoms with E-state index in [4.69, 9.17) is 21.1 Å². The van der Waals surface area contributed by atoms with Crippen LogP contribution < -0.4 is 9.47 Å². The lowest BCUT2D eigenvalue weighted by molar-refractivity contribution is 0.338. The van der Waals surface area contributed by atoms with Crippen LogP contribution in [0.15, 0.2) is 36.8 Å². The highest BCUT2D eigenvalue weighted by molar-refractivity contribution is 6.17. The molecular formula is C13H13ClN2O2. The van der Waals surface area contributed by atoms with Gasteiger partial charge in [-0.1, -0.05) is 6.07 Å². The summed E-state index contributed by atoms with van der Waals surface area (Å²) in [6, 6.07) is 7.38. The van der Waals surface area contributed by atoms with Crippen LogP contribution in [0.3, 0.4) is 0 Å². The van der Waals surface area contributed by atoms with Crippen molar-refractivity contribution >= 4 is 11.6 Å². The number of rotatable bonds is 5. The van der Waals surface area contributed by atoms with E-state index >= 15 is 0 Å². The van der Waals surface area contributed by atoms with E-state index in [9.17, 15) is 0 Å². The number of ether oxygens (including phenoxy) is 2. The fourth-order valence-corrected chi connectivity index (χ4v) is 1.62. The molecule has 2 rings (SSSR count). The third kappa shape index (κ3) is 3.11. The molecule has 0 radical (unpaired) electrons. The first-order chi connectivity index (χ1) is 8.83. The summed E-state index contributed by atoms with van der Waals surface area (Å²) in [5.41, 5.74) is 0.751. The molecular weight excluding hydrogens is 252 g/mol. The zero-order chi connectivity index (χ0) is 12.8. The number of aromatic nitrogens is 2. The molecule has 0 atom stereocenters. The molecule has 2 aromatic rings. The van der Waals surface area contributed by atoms with Crippen LogP contribution in [0.25, 0.3) is 0 Å². The first-order valence-electron chi connectivity index (χ1n) is 5.59. The molecule has 0 bridgehead atoms. The van der Waals surface area contributed by atoms with Gasteiger partial charge in [-0.3, -0.25) is 0 Å². The van der Waals surface area contributed by atoms with Crippen LogP contribution >= 0.6 is 11.6 Å². The normalized spacial score (nSPS) is 10.1. The molecule has 1 aromatic heterocycles. The number of benzene rings is 1. The van der Waals surface area contributed by atoms with E-state index in [-0.39, 0.29) is 0 Å². The van der Waals surface area contributed by atoms with Gasteiger partial charge in [-0.25, -0.2) is 9.97 Å². The van der Waals surface area contributed by atoms with Crippen molar-refractivity contribution in [3.8, 4) is 17.4 Å². The van der Waals surface area contributed by atoms with Gasteiger partial charge < -0.3 is 9.47 Å². The molecule has 0 aliphatic carbocycles. The summed E-state index contributed by atoms with van der Waals surface area (Å²) in [4.78, 5) is 7.97. The molecule has 1 aromatic carbocycles. The topological polar surface area (TPSA) is 44.2 Å². The summed E-state index contributed by atoms with van der Waals surface area (Å²) in [5, 5.41) is 0. The molecule has 0 aliphatic heterocycles. The van der Waals surface area contributed by atoms with Crippen LogP contribution in [0.1, 0.15) is 12.5 Å². The van der Waals surface area contributed by atoms with Crippen LogP contribution in [-0.2, 0) is 5.88 Å². The molecule has 0 amide bonds. The van der Waals surface area contributed by atoms with E-state index in [2.05, 4.69) is 9.97 Å². The van der Waals surface area contributed by atoms with Crippen LogP contribution in [-0.4, -0.2) is 16.6 Å². The Morgan fingerprint density at radius 3 is 2.89 bits per heavy atom. The number of nitrogens with zero attached hydrogens (tertiary/aromatic N) is 2. The highest BCUT2D eigenvalue weighted by Crippen LogP contribution is 2.26. The van der Waals surface area contributed by atoms with Crippen molar-refractivity contribution in [2.75, 3.05) is 6.61 Å².